The Morgan fingerprint density at radius 3 is 2.81 bits per heavy atom. The zero-order chi connectivity index (χ0) is 18.9. The molecular weight excluding hydrogens is 360 g/mol. The summed E-state index contributed by atoms with van der Waals surface area (Å²) >= 11 is 0. The highest BCUT2D eigenvalue weighted by atomic mass is 32.2. The first-order valence-corrected chi connectivity index (χ1v) is 9.97. The van der Waals surface area contributed by atoms with Gasteiger partial charge >= 0.3 is 0 Å². The summed E-state index contributed by atoms with van der Waals surface area (Å²) in [6.45, 7) is 1.30. The minimum atomic E-state index is -3.99. The Hall–Kier alpha value is -2.04. The normalized spacial score (nSPS) is 23.1. The van der Waals surface area contributed by atoms with Crippen molar-refractivity contribution in [1.29, 1.82) is 0 Å². The minimum absolute atomic E-state index is 0.101. The van der Waals surface area contributed by atoms with E-state index in [1.54, 1.807) is 0 Å². The second-order valence-corrected chi connectivity index (χ2v) is 8.74. The van der Waals surface area contributed by atoms with Crippen molar-refractivity contribution in [2.45, 2.75) is 36.2 Å². The van der Waals surface area contributed by atoms with Crippen LogP contribution in [0.5, 0.6) is 0 Å². The van der Waals surface area contributed by atoms with Gasteiger partial charge < -0.3 is 10.2 Å². The molecule has 2 heterocycles. The lowest BCUT2D eigenvalue weighted by atomic mass is 10.1. The molecule has 3 rings (SSSR count). The maximum absolute atomic E-state index is 12.8. The van der Waals surface area contributed by atoms with E-state index in [4.69, 9.17) is 0 Å². The number of amides is 1. The quantitative estimate of drug-likeness (QED) is 0.588. The summed E-state index contributed by atoms with van der Waals surface area (Å²) in [5, 5.41) is 14.2. The fourth-order valence-electron chi connectivity index (χ4n) is 3.68. The number of sulfonamides is 1. The van der Waals surface area contributed by atoms with E-state index >= 15 is 0 Å². The van der Waals surface area contributed by atoms with Gasteiger partial charge in [0.05, 0.1) is 16.4 Å². The fraction of sp³-hybridized carbons (Fsp3) is 0.562. The molecule has 142 valence electrons. The number of nitrogens with one attached hydrogen (secondary N) is 1. The Balaban J connectivity index is 1.76. The van der Waals surface area contributed by atoms with Crippen molar-refractivity contribution in [3.05, 3.63) is 34.4 Å². The van der Waals surface area contributed by atoms with E-state index in [-0.39, 0.29) is 35.1 Å². The van der Waals surface area contributed by atoms with E-state index in [9.17, 15) is 23.3 Å². The topological polar surface area (TPSA) is 113 Å². The lowest BCUT2D eigenvalue weighted by Gasteiger charge is -2.29. The van der Waals surface area contributed by atoms with Gasteiger partial charge in [0.15, 0.2) is 0 Å². The van der Waals surface area contributed by atoms with Crippen LogP contribution < -0.4 is 5.32 Å². The van der Waals surface area contributed by atoms with Gasteiger partial charge in [-0.05, 0) is 31.9 Å². The van der Waals surface area contributed by atoms with E-state index in [1.165, 1.54) is 25.2 Å². The van der Waals surface area contributed by atoms with Crippen LogP contribution in [-0.4, -0.2) is 67.2 Å². The Morgan fingerprint density at radius 1 is 1.35 bits per heavy atom. The van der Waals surface area contributed by atoms with Gasteiger partial charge in [0.25, 0.3) is 5.69 Å². The van der Waals surface area contributed by atoms with Crippen LogP contribution in [0.3, 0.4) is 0 Å². The first-order chi connectivity index (χ1) is 12.3. The molecule has 1 N–H and O–H groups in total. The highest BCUT2D eigenvalue weighted by molar-refractivity contribution is 7.89. The molecule has 0 aliphatic carbocycles. The molecule has 0 spiro atoms. The Labute approximate surface area is 152 Å². The molecule has 2 aliphatic rings. The first-order valence-electron chi connectivity index (χ1n) is 8.53. The van der Waals surface area contributed by atoms with Gasteiger partial charge in [-0.3, -0.25) is 14.9 Å². The zero-order valence-electron chi connectivity index (χ0n) is 14.5. The van der Waals surface area contributed by atoms with Crippen LogP contribution in [0, 0.1) is 10.1 Å². The zero-order valence-corrected chi connectivity index (χ0v) is 15.3. The summed E-state index contributed by atoms with van der Waals surface area (Å²) in [4.78, 5) is 24.6. The third kappa shape index (κ3) is 3.57. The van der Waals surface area contributed by atoms with E-state index in [1.807, 2.05) is 4.90 Å². The maximum atomic E-state index is 12.8. The van der Waals surface area contributed by atoms with Crippen LogP contribution in [0.1, 0.15) is 19.3 Å². The molecule has 0 saturated carbocycles. The summed E-state index contributed by atoms with van der Waals surface area (Å²) in [6.07, 6.45) is 2.73. The molecule has 10 heteroatoms. The number of fused-ring (bicyclic) bond motifs is 2. The van der Waals surface area contributed by atoms with E-state index < -0.39 is 14.9 Å². The smallest absolute Gasteiger partial charge is 0.270 e. The molecule has 2 fully saturated rings. The number of hydrogen-bond donors (Lipinski definition) is 1. The highest BCUT2D eigenvalue weighted by Crippen LogP contribution is 2.28. The SMILES string of the molecule is CN(CC(=O)N1C2CCNCC1CC2)S(=O)(=O)c1cccc([N+](=O)[O-])c1. The van der Waals surface area contributed by atoms with Gasteiger partial charge in [0.1, 0.15) is 0 Å². The molecule has 2 atom stereocenters. The van der Waals surface area contributed by atoms with Crippen molar-refractivity contribution in [3.8, 4) is 0 Å². The molecule has 2 bridgehead atoms. The van der Waals surface area contributed by atoms with Crippen LogP contribution >= 0.6 is 0 Å². The van der Waals surface area contributed by atoms with Gasteiger partial charge in [0.2, 0.25) is 15.9 Å². The number of non-ortho nitro benzene ring substituents is 1. The first kappa shape index (κ1) is 18.7. The largest absolute Gasteiger partial charge is 0.334 e. The number of hydrogen-bond acceptors (Lipinski definition) is 6. The van der Waals surface area contributed by atoms with Crippen LogP contribution in [0.25, 0.3) is 0 Å². The predicted molar refractivity (Wildman–Crippen MR) is 94.1 cm³/mol. The summed E-state index contributed by atoms with van der Waals surface area (Å²) < 4.78 is 26.3. The van der Waals surface area contributed by atoms with E-state index in [2.05, 4.69) is 5.32 Å². The summed E-state index contributed by atoms with van der Waals surface area (Å²) in [6, 6.07) is 5.10. The maximum Gasteiger partial charge on any atom is 0.270 e. The lowest BCUT2D eigenvalue weighted by molar-refractivity contribution is -0.385. The van der Waals surface area contributed by atoms with Crippen LogP contribution in [0.15, 0.2) is 29.2 Å². The molecule has 2 unspecified atom stereocenters. The lowest BCUT2D eigenvalue weighted by Crippen LogP contribution is -2.47. The van der Waals surface area contributed by atoms with Gasteiger partial charge in [-0.2, -0.15) is 4.31 Å². The van der Waals surface area contributed by atoms with Crippen molar-refractivity contribution in [3.63, 3.8) is 0 Å². The minimum Gasteiger partial charge on any atom is -0.334 e. The monoisotopic (exact) mass is 382 g/mol. The average molecular weight is 382 g/mol. The summed E-state index contributed by atoms with van der Waals surface area (Å²) in [5.74, 6) is -0.224. The molecule has 2 saturated heterocycles. The number of likely N-dealkylation sites (N-methyl/N-ethyl adjacent to an activating group) is 1. The van der Waals surface area contributed by atoms with Crippen molar-refractivity contribution in [2.24, 2.45) is 0 Å². The molecule has 9 nitrogen and oxygen atoms in total. The Morgan fingerprint density at radius 2 is 2.08 bits per heavy atom. The van der Waals surface area contributed by atoms with Crippen LogP contribution in [-0.2, 0) is 14.8 Å². The number of carbonyl (C=O) groups excluding carboxylic acids is 1. The number of carbonyl (C=O) groups is 1. The molecule has 26 heavy (non-hydrogen) atoms. The van der Waals surface area contributed by atoms with Gasteiger partial charge in [-0.15, -0.1) is 0 Å². The fourth-order valence-corrected chi connectivity index (χ4v) is 4.84. The number of nitro groups is 1. The van der Waals surface area contributed by atoms with Gasteiger partial charge in [0, 0.05) is 37.8 Å². The third-order valence-corrected chi connectivity index (χ3v) is 6.84. The molecule has 1 amide bonds. The second kappa shape index (κ2) is 7.29. The third-order valence-electron chi connectivity index (χ3n) is 5.04. The standard InChI is InChI=1S/C16H22N4O5S/c1-18(26(24,25)15-4-2-3-13(9-15)20(22)23)11-16(21)19-12-5-6-14(19)10-17-8-7-12/h2-4,9,12,14,17H,5-8,10-11H2,1H3. The Bertz CT molecular complexity index is 799. The molecule has 2 aliphatic heterocycles. The number of rotatable bonds is 5. The number of benzene rings is 1. The van der Waals surface area contributed by atoms with Crippen molar-refractivity contribution >= 4 is 21.6 Å². The summed E-state index contributed by atoms with van der Waals surface area (Å²) in [7, 11) is -2.66. The van der Waals surface area contributed by atoms with Crippen molar-refractivity contribution in [2.75, 3.05) is 26.7 Å². The predicted octanol–water partition coefficient (Wildman–Crippen LogP) is 0.568. The number of nitrogens with zero attached hydrogens (tertiary/aromatic N) is 3. The van der Waals surface area contributed by atoms with E-state index in [0.717, 1.165) is 42.7 Å². The Kier molecular flexibility index (Phi) is 5.26. The molecule has 1 aromatic carbocycles. The van der Waals surface area contributed by atoms with Gasteiger partial charge in [-0.1, -0.05) is 6.07 Å². The van der Waals surface area contributed by atoms with E-state index in [0.29, 0.717) is 0 Å². The van der Waals surface area contributed by atoms with Crippen molar-refractivity contribution < 1.29 is 18.1 Å². The summed E-state index contributed by atoms with van der Waals surface area (Å²) in [5.41, 5.74) is -0.303. The molecule has 1 aromatic rings. The second-order valence-electron chi connectivity index (χ2n) is 6.69. The highest BCUT2D eigenvalue weighted by Gasteiger charge is 2.39. The molecule has 0 aromatic heterocycles. The number of nitro benzene ring substituents is 1. The van der Waals surface area contributed by atoms with Crippen LogP contribution in [0.2, 0.25) is 0 Å². The van der Waals surface area contributed by atoms with Gasteiger partial charge in [-0.25, -0.2) is 8.42 Å². The average Bonchev–Trinajstić information content (AvgIpc) is 2.87. The molecular formula is C16H22N4O5S. The van der Waals surface area contributed by atoms with Crippen LogP contribution in [0.4, 0.5) is 5.69 Å². The van der Waals surface area contributed by atoms with Crippen molar-refractivity contribution in [1.82, 2.24) is 14.5 Å². The molecule has 0 radical (unpaired) electrons.